The van der Waals surface area contributed by atoms with Crippen molar-refractivity contribution in [2.45, 2.75) is 0 Å². The Kier molecular flexibility index (Phi) is 8.73. The second-order valence-corrected chi connectivity index (χ2v) is 13.9. The number of hydrogen-bond donors (Lipinski definition) is 4. The molecule has 4 N–H and O–H groups in total. The van der Waals surface area contributed by atoms with Crippen LogP contribution in [0.15, 0.2) is 97.1 Å². The van der Waals surface area contributed by atoms with Gasteiger partial charge in [-0.15, -0.1) is 0 Å². The van der Waals surface area contributed by atoms with Gasteiger partial charge in [-0.2, -0.15) is 0 Å². The summed E-state index contributed by atoms with van der Waals surface area (Å²) in [6.45, 7) is 0. The summed E-state index contributed by atoms with van der Waals surface area (Å²) < 4.78 is 1.63. The van der Waals surface area contributed by atoms with Crippen molar-refractivity contribution in [2.75, 3.05) is 10.6 Å². The van der Waals surface area contributed by atoms with Gasteiger partial charge in [0.2, 0.25) is 0 Å². The molecule has 0 atom stereocenters. The first kappa shape index (κ1) is 26.9. The summed E-state index contributed by atoms with van der Waals surface area (Å²) >= 11 is -0.384. The monoisotopic (exact) mass is 640 g/mol. The van der Waals surface area contributed by atoms with Gasteiger partial charge in [0.1, 0.15) is 0 Å². The number of hydrogen-bond acceptors (Lipinski definition) is 4. The van der Waals surface area contributed by atoms with Crippen molar-refractivity contribution in [3.63, 3.8) is 0 Å². The normalized spacial score (nSPS) is 10.4. The summed E-state index contributed by atoms with van der Waals surface area (Å²) in [5.41, 5.74) is 1.29. The molecule has 0 fully saturated rings. The summed E-state index contributed by atoms with van der Waals surface area (Å²) in [5.74, 6) is -3.10. The third-order valence-electron chi connectivity index (χ3n) is 5.30. The molecule has 2 amide bonds. The van der Waals surface area contributed by atoms with Crippen LogP contribution in [0.1, 0.15) is 41.4 Å². The topological polar surface area (TPSA) is 133 Å². The Hall–Kier alpha value is -4.20. The first-order chi connectivity index (χ1) is 18.3. The van der Waals surface area contributed by atoms with Gasteiger partial charge >= 0.3 is 230 Å². The predicted molar refractivity (Wildman–Crippen MR) is 146 cm³/mol. The van der Waals surface area contributed by atoms with Crippen LogP contribution in [0.25, 0.3) is 0 Å². The number of carboxylic acid groups (broad SMARTS) is 2. The number of amides is 2. The van der Waals surface area contributed by atoms with E-state index in [0.29, 0.717) is 11.1 Å². The van der Waals surface area contributed by atoms with Gasteiger partial charge in [-0.25, -0.2) is 0 Å². The second-order valence-electron chi connectivity index (χ2n) is 7.77. The van der Waals surface area contributed by atoms with Gasteiger partial charge < -0.3 is 0 Å². The van der Waals surface area contributed by atoms with Crippen LogP contribution in [0.5, 0.6) is 0 Å². The van der Waals surface area contributed by atoms with Crippen LogP contribution in [-0.4, -0.2) is 60.2 Å². The number of aromatic carboxylic acids is 2. The van der Waals surface area contributed by atoms with Gasteiger partial charge in [-0.3, -0.25) is 0 Å². The number of rotatable bonds is 9. The number of nitrogens with one attached hydrogen (secondary N) is 2. The van der Waals surface area contributed by atoms with Crippen LogP contribution >= 0.6 is 0 Å². The Bertz CT molecular complexity index is 1420. The number of carboxylic acids is 2. The molecule has 4 aromatic carbocycles. The van der Waals surface area contributed by atoms with Gasteiger partial charge in [0.05, 0.1) is 0 Å². The summed E-state index contributed by atoms with van der Waals surface area (Å²) in [6.07, 6.45) is 0. The average Bonchev–Trinajstić information content (AvgIpc) is 2.92. The van der Waals surface area contributed by atoms with Crippen LogP contribution in [0.4, 0.5) is 11.4 Å². The van der Waals surface area contributed by atoms with E-state index in [4.69, 9.17) is 0 Å². The molecule has 10 heteroatoms. The van der Waals surface area contributed by atoms with Crippen molar-refractivity contribution in [1.29, 1.82) is 0 Å². The Balaban J connectivity index is 1.53. The first-order valence-corrected chi connectivity index (χ1v) is 17.2. The van der Waals surface area contributed by atoms with E-state index in [1.54, 1.807) is 48.5 Å². The SMILES string of the molecule is O=C(O)c1ccccc1NC(=O)c1ccccc1[Se][Se]c1ccccc1C(=O)Nc1ccccc1C(=O)O. The first-order valence-electron chi connectivity index (χ1n) is 11.1. The Labute approximate surface area is 229 Å². The zero-order chi connectivity index (χ0) is 27.1. The molecule has 8 nitrogen and oxygen atoms in total. The molecule has 0 aliphatic carbocycles. The molecule has 0 radical (unpaired) electrons. The van der Waals surface area contributed by atoms with E-state index in [0.717, 1.165) is 8.92 Å². The standard InChI is InChI=1S/C28H20N2O6Se2/c31-25(29-21-13-5-1-9-17(21)27(33)34)19-11-3-7-15-23(19)37-38-24-16-8-4-12-20(24)26(32)30-22-14-6-2-10-18(22)28(35)36/h1-16H,(H,29,31)(H,30,32)(H,33,34)(H,35,36). The number of benzene rings is 4. The van der Waals surface area contributed by atoms with Crippen molar-refractivity contribution < 1.29 is 29.4 Å². The van der Waals surface area contributed by atoms with E-state index in [1.165, 1.54) is 24.3 Å². The molecular weight excluding hydrogens is 618 g/mol. The van der Waals surface area contributed by atoms with Gasteiger partial charge in [0.15, 0.2) is 0 Å². The summed E-state index contributed by atoms with van der Waals surface area (Å²) in [5, 5.41) is 24.2. The molecule has 0 spiro atoms. The zero-order valence-corrected chi connectivity index (χ0v) is 23.0. The molecule has 0 unspecified atom stereocenters. The molecule has 0 saturated heterocycles. The molecule has 0 aromatic heterocycles. The molecule has 38 heavy (non-hydrogen) atoms. The summed E-state index contributed by atoms with van der Waals surface area (Å²) in [4.78, 5) is 49.2. The molecule has 0 aliphatic heterocycles. The van der Waals surface area contributed by atoms with Crippen molar-refractivity contribution in [3.8, 4) is 0 Å². The third-order valence-corrected chi connectivity index (χ3v) is 12.5. The van der Waals surface area contributed by atoms with E-state index in [2.05, 4.69) is 10.6 Å². The van der Waals surface area contributed by atoms with Crippen LogP contribution in [0.3, 0.4) is 0 Å². The fourth-order valence-corrected chi connectivity index (χ4v) is 10.6. The van der Waals surface area contributed by atoms with Crippen LogP contribution in [0.2, 0.25) is 0 Å². The second kappa shape index (κ2) is 12.4. The van der Waals surface area contributed by atoms with Crippen LogP contribution in [-0.2, 0) is 0 Å². The van der Waals surface area contributed by atoms with E-state index in [1.807, 2.05) is 24.3 Å². The van der Waals surface area contributed by atoms with Gasteiger partial charge in [0, 0.05) is 0 Å². The van der Waals surface area contributed by atoms with Crippen molar-refractivity contribution in [2.24, 2.45) is 0 Å². The number of carbonyl (C=O) groups is 4. The molecule has 0 heterocycles. The zero-order valence-electron chi connectivity index (χ0n) is 19.6. The van der Waals surface area contributed by atoms with Crippen LogP contribution < -0.4 is 19.6 Å². The molecule has 0 aliphatic rings. The Morgan fingerprint density at radius 3 is 1.16 bits per heavy atom. The van der Waals surface area contributed by atoms with Crippen LogP contribution in [0, 0.1) is 0 Å². The predicted octanol–water partition coefficient (Wildman–Crippen LogP) is 2.86. The number of carbonyl (C=O) groups excluding carboxylic acids is 2. The third kappa shape index (κ3) is 6.37. The molecule has 190 valence electrons. The van der Waals surface area contributed by atoms with Gasteiger partial charge in [0.25, 0.3) is 0 Å². The maximum absolute atomic E-state index is 13.1. The molecule has 0 bridgehead atoms. The average molecular weight is 638 g/mol. The molecule has 4 aromatic rings. The van der Waals surface area contributed by atoms with Gasteiger partial charge in [-0.1, -0.05) is 0 Å². The molecular formula is C28H20N2O6Se2. The quantitative estimate of drug-likeness (QED) is 0.209. The Morgan fingerprint density at radius 2 is 0.789 bits per heavy atom. The van der Waals surface area contributed by atoms with Gasteiger partial charge in [-0.05, 0) is 0 Å². The molecule has 4 rings (SSSR count). The van der Waals surface area contributed by atoms with E-state index in [9.17, 15) is 29.4 Å². The fraction of sp³-hybridized carbons (Fsp3) is 0. The minimum atomic E-state index is -1.14. The number of anilines is 2. The van der Waals surface area contributed by atoms with E-state index in [-0.39, 0.29) is 48.8 Å². The van der Waals surface area contributed by atoms with Crippen molar-refractivity contribution in [1.82, 2.24) is 0 Å². The Morgan fingerprint density at radius 1 is 0.474 bits per heavy atom. The van der Waals surface area contributed by atoms with E-state index >= 15 is 0 Å². The van der Waals surface area contributed by atoms with Crippen molar-refractivity contribution >= 4 is 70.3 Å². The minimum absolute atomic E-state index is 0.00234. The summed E-state index contributed by atoms with van der Waals surface area (Å²) in [7, 11) is 0. The number of para-hydroxylation sites is 2. The maximum atomic E-state index is 13.1. The van der Waals surface area contributed by atoms with E-state index < -0.39 is 23.8 Å². The summed E-state index contributed by atoms with van der Waals surface area (Å²) in [6, 6.07) is 26.6. The van der Waals surface area contributed by atoms with Crippen molar-refractivity contribution in [3.05, 3.63) is 119 Å². The fourth-order valence-electron chi connectivity index (χ4n) is 3.48. The molecule has 0 saturated carbocycles.